The van der Waals surface area contributed by atoms with Gasteiger partial charge in [0.05, 0.1) is 0 Å². The molecule has 4 aromatic carbocycles. The first-order valence-electron chi connectivity index (χ1n) is 17.9. The van der Waals surface area contributed by atoms with E-state index < -0.39 is 0 Å². The van der Waals surface area contributed by atoms with Crippen LogP contribution >= 0.6 is 0 Å². The number of benzene rings is 4. The maximum absolute atomic E-state index is 10.8. The maximum Gasteiger partial charge on any atom is 0.122 e. The Morgan fingerprint density at radius 3 is 0.620 bits per heavy atom. The fourth-order valence-corrected chi connectivity index (χ4v) is 6.65. The van der Waals surface area contributed by atoms with Crippen LogP contribution in [-0.2, 0) is 34.5 Å². The molecule has 0 fully saturated rings. The smallest absolute Gasteiger partial charge is 0.122 e. The van der Waals surface area contributed by atoms with Crippen LogP contribution in [0.2, 0.25) is 0 Å². The van der Waals surface area contributed by atoms with Crippen molar-refractivity contribution < 1.29 is 20.4 Å². The van der Waals surface area contributed by atoms with Gasteiger partial charge < -0.3 is 20.4 Å². The summed E-state index contributed by atoms with van der Waals surface area (Å²) in [4.78, 5) is 0. The molecule has 4 rings (SSSR count). The lowest BCUT2D eigenvalue weighted by Crippen LogP contribution is -2.14. The van der Waals surface area contributed by atoms with Gasteiger partial charge in [0.15, 0.2) is 0 Å². The van der Waals surface area contributed by atoms with E-state index >= 15 is 0 Å². The van der Waals surface area contributed by atoms with Crippen LogP contribution < -0.4 is 0 Å². The maximum atomic E-state index is 10.8. The second-order valence-electron chi connectivity index (χ2n) is 18.6. The van der Waals surface area contributed by atoms with Gasteiger partial charge in [-0.15, -0.1) is 0 Å². The molecule has 50 heavy (non-hydrogen) atoms. The van der Waals surface area contributed by atoms with E-state index in [2.05, 4.69) is 135 Å². The molecule has 0 aromatic heterocycles. The zero-order chi connectivity index (χ0) is 38.3. The molecule has 0 aliphatic heterocycles. The van der Waals surface area contributed by atoms with Crippen LogP contribution in [0.25, 0.3) is 0 Å². The fourth-order valence-electron chi connectivity index (χ4n) is 6.65. The van der Waals surface area contributed by atoms with Crippen LogP contribution in [0.1, 0.15) is 150 Å². The number of hydrogen-bond donors (Lipinski definition) is 4. The highest BCUT2D eigenvalue weighted by Gasteiger charge is 2.26. The molecule has 4 aromatic rings. The van der Waals surface area contributed by atoms with Crippen molar-refractivity contribution in [1.82, 2.24) is 0 Å². The van der Waals surface area contributed by atoms with Gasteiger partial charge in [-0.25, -0.2) is 0 Å². The van der Waals surface area contributed by atoms with Crippen molar-refractivity contribution >= 4 is 0 Å². The number of rotatable bonds is 4. The molecule has 0 amide bonds. The van der Waals surface area contributed by atoms with Crippen LogP contribution in [0.4, 0.5) is 0 Å². The lowest BCUT2D eigenvalue weighted by molar-refractivity contribution is 0.434. The Balaban J connectivity index is 0.000000270. The van der Waals surface area contributed by atoms with E-state index in [-0.39, 0.29) is 21.7 Å². The molecule has 0 saturated carbocycles. The second-order valence-corrected chi connectivity index (χ2v) is 18.6. The first kappa shape index (κ1) is 40.5. The molecular formula is C46H64O4. The standard InChI is InChI=1S/2C23H32O2/c2*1-14-9-16(20(24)18(11-14)22(3,4)5)13-17-10-15(2)12-19(21(17)25)23(6,7)8/h2*9-12,24-25H,13H2,1-8H3. The first-order chi connectivity index (χ1) is 22.6. The Kier molecular flexibility index (Phi) is 11.6. The van der Waals surface area contributed by atoms with E-state index in [0.29, 0.717) is 35.8 Å². The molecule has 0 radical (unpaired) electrons. The monoisotopic (exact) mass is 680 g/mol. The average Bonchev–Trinajstić information content (AvgIpc) is 2.93. The predicted octanol–water partition coefficient (Wildman–Crippen LogP) is 11.8. The van der Waals surface area contributed by atoms with Crippen molar-refractivity contribution in [2.24, 2.45) is 0 Å². The number of aryl methyl sites for hydroxylation is 4. The molecule has 0 aliphatic rings. The SMILES string of the molecule is Cc1cc(Cc2cc(C)cc(C(C)(C)C)c2O)c(O)c(C(C)(C)C)c1.Cc1cc(Cc2cc(C)cc(C(C)(C)C)c2O)c(O)c(C(C)(C)C)c1. The van der Waals surface area contributed by atoms with Gasteiger partial charge in [0.25, 0.3) is 0 Å². The number of hydrogen-bond acceptors (Lipinski definition) is 4. The molecule has 0 saturated heterocycles. The lowest BCUT2D eigenvalue weighted by atomic mass is 9.81. The van der Waals surface area contributed by atoms with E-state index in [1.54, 1.807) is 0 Å². The molecule has 4 nitrogen and oxygen atoms in total. The minimum atomic E-state index is -0.129. The highest BCUT2D eigenvalue weighted by atomic mass is 16.3. The second kappa shape index (κ2) is 14.4. The summed E-state index contributed by atoms with van der Waals surface area (Å²) < 4.78 is 0. The summed E-state index contributed by atoms with van der Waals surface area (Å²) >= 11 is 0. The van der Waals surface area contributed by atoms with Crippen molar-refractivity contribution in [1.29, 1.82) is 0 Å². The molecule has 4 heteroatoms. The van der Waals surface area contributed by atoms with Gasteiger partial charge in [-0.3, -0.25) is 0 Å². The van der Waals surface area contributed by atoms with Crippen molar-refractivity contribution in [3.8, 4) is 23.0 Å². The molecule has 0 aliphatic carbocycles. The minimum Gasteiger partial charge on any atom is -0.507 e. The van der Waals surface area contributed by atoms with Crippen LogP contribution in [0, 0.1) is 27.7 Å². The Morgan fingerprint density at radius 1 is 0.320 bits per heavy atom. The summed E-state index contributed by atoms with van der Waals surface area (Å²) in [5.41, 5.74) is 11.3. The minimum absolute atomic E-state index is 0.129. The van der Waals surface area contributed by atoms with Crippen molar-refractivity contribution in [2.75, 3.05) is 0 Å². The summed E-state index contributed by atoms with van der Waals surface area (Å²) in [5.74, 6) is 1.38. The van der Waals surface area contributed by atoms with E-state index in [4.69, 9.17) is 0 Å². The third-order valence-corrected chi connectivity index (χ3v) is 9.33. The molecule has 0 bridgehead atoms. The molecule has 0 spiro atoms. The van der Waals surface area contributed by atoms with Gasteiger partial charge >= 0.3 is 0 Å². The molecule has 272 valence electrons. The van der Waals surface area contributed by atoms with E-state index in [9.17, 15) is 20.4 Å². The van der Waals surface area contributed by atoms with Gasteiger partial charge in [-0.1, -0.05) is 154 Å². The van der Waals surface area contributed by atoms with Gasteiger partial charge in [-0.2, -0.15) is 0 Å². The van der Waals surface area contributed by atoms with Gasteiger partial charge in [-0.05, 0) is 93.9 Å². The average molecular weight is 681 g/mol. The van der Waals surface area contributed by atoms with Crippen molar-refractivity contribution in [2.45, 2.75) is 145 Å². The van der Waals surface area contributed by atoms with Crippen LogP contribution in [0.5, 0.6) is 23.0 Å². The van der Waals surface area contributed by atoms with Gasteiger partial charge in [0.1, 0.15) is 23.0 Å². The molecule has 0 atom stereocenters. The number of phenolic OH excluding ortho intramolecular Hbond substituents is 4. The lowest BCUT2D eigenvalue weighted by Gasteiger charge is -2.25. The van der Waals surface area contributed by atoms with Crippen LogP contribution in [0.15, 0.2) is 48.5 Å². The highest BCUT2D eigenvalue weighted by Crippen LogP contribution is 2.41. The summed E-state index contributed by atoms with van der Waals surface area (Å²) in [7, 11) is 0. The molecular weight excluding hydrogens is 617 g/mol. The number of aromatic hydroxyl groups is 4. The summed E-state index contributed by atoms with van der Waals surface area (Å²) in [5, 5.41) is 43.3. The van der Waals surface area contributed by atoms with Gasteiger partial charge in [0.2, 0.25) is 0 Å². The Bertz CT molecular complexity index is 1580. The van der Waals surface area contributed by atoms with Crippen molar-refractivity contribution in [3.63, 3.8) is 0 Å². The largest absolute Gasteiger partial charge is 0.507 e. The quantitative estimate of drug-likeness (QED) is 0.173. The fraction of sp³-hybridized carbons (Fsp3) is 0.478. The van der Waals surface area contributed by atoms with Gasteiger partial charge in [0, 0.05) is 12.8 Å². The Hall–Kier alpha value is -3.92. The van der Waals surface area contributed by atoms with Crippen LogP contribution in [-0.4, -0.2) is 20.4 Å². The zero-order valence-electron chi connectivity index (χ0n) is 33.8. The molecule has 4 N–H and O–H groups in total. The molecule has 0 unspecified atom stereocenters. The van der Waals surface area contributed by atoms with Crippen molar-refractivity contribution in [3.05, 3.63) is 115 Å². The summed E-state index contributed by atoms with van der Waals surface area (Å²) in [6.07, 6.45) is 1.04. The normalized spacial score (nSPS) is 12.5. The van der Waals surface area contributed by atoms with E-state index in [1.807, 2.05) is 24.3 Å². The predicted molar refractivity (Wildman–Crippen MR) is 212 cm³/mol. The third kappa shape index (κ3) is 9.65. The topological polar surface area (TPSA) is 80.9 Å². The highest BCUT2D eigenvalue weighted by molar-refractivity contribution is 5.54. The summed E-state index contributed by atoms with van der Waals surface area (Å²) in [6.45, 7) is 33.5. The van der Waals surface area contributed by atoms with E-state index in [1.165, 1.54) is 0 Å². The Labute approximate surface area is 303 Å². The number of phenols is 4. The first-order valence-corrected chi connectivity index (χ1v) is 17.9. The molecule has 0 heterocycles. The summed E-state index contributed by atoms with van der Waals surface area (Å²) in [6, 6.07) is 16.3. The zero-order valence-corrected chi connectivity index (χ0v) is 33.8. The van der Waals surface area contributed by atoms with E-state index in [0.717, 1.165) is 66.8 Å². The third-order valence-electron chi connectivity index (χ3n) is 9.33. The Morgan fingerprint density at radius 2 is 0.480 bits per heavy atom. The van der Waals surface area contributed by atoms with Crippen LogP contribution in [0.3, 0.4) is 0 Å².